The number of hydrogen-bond acceptors (Lipinski definition) is 3. The van der Waals surface area contributed by atoms with Crippen molar-refractivity contribution >= 4 is 82.7 Å². The SMILES string of the molecule is CC1(C)c2ccccc2-c2ccc(N(c3ccc4c(c3)c3cccc5c3n4-c3ccccc3-c3ccc4c(oc6ccccc64)c3-5)c3cccc4c3oc3ccccc34)cc21. The smallest absolute Gasteiger partial charge is 0.159 e. The van der Waals surface area contributed by atoms with Gasteiger partial charge in [0.15, 0.2) is 5.58 Å². The number of aromatic nitrogens is 1. The van der Waals surface area contributed by atoms with Crippen molar-refractivity contribution < 1.29 is 8.83 Å². The fourth-order valence-corrected chi connectivity index (χ4v) is 11.0. The number of anilines is 3. The number of rotatable bonds is 3. The fourth-order valence-electron chi connectivity index (χ4n) is 11.0. The van der Waals surface area contributed by atoms with E-state index in [1.165, 1.54) is 49.7 Å². The van der Waals surface area contributed by atoms with Gasteiger partial charge >= 0.3 is 0 Å². The highest BCUT2D eigenvalue weighted by molar-refractivity contribution is 6.22. The monoisotopic (exact) mass is 780 g/mol. The zero-order chi connectivity index (χ0) is 40.1. The van der Waals surface area contributed by atoms with Crippen molar-refractivity contribution in [3.63, 3.8) is 0 Å². The topological polar surface area (TPSA) is 34.5 Å². The van der Waals surface area contributed by atoms with E-state index in [1.54, 1.807) is 0 Å². The Balaban J connectivity index is 1.06. The van der Waals surface area contributed by atoms with E-state index in [1.807, 2.05) is 6.07 Å². The number of benzene rings is 9. The number of hydrogen-bond donors (Lipinski definition) is 0. The van der Waals surface area contributed by atoms with Crippen LogP contribution in [0, 0.1) is 0 Å². The number of nitrogens with zero attached hydrogens (tertiary/aromatic N) is 2. The third-order valence-corrected chi connectivity index (χ3v) is 13.7. The van der Waals surface area contributed by atoms with Crippen molar-refractivity contribution in [1.29, 1.82) is 0 Å². The Labute approximate surface area is 351 Å². The molecule has 4 heteroatoms. The summed E-state index contributed by atoms with van der Waals surface area (Å²) in [4.78, 5) is 2.41. The summed E-state index contributed by atoms with van der Waals surface area (Å²) < 4.78 is 16.1. The molecule has 4 heterocycles. The van der Waals surface area contributed by atoms with Gasteiger partial charge in [0, 0.05) is 65.8 Å². The van der Waals surface area contributed by atoms with Gasteiger partial charge in [0.05, 0.1) is 22.4 Å². The van der Waals surface area contributed by atoms with E-state index < -0.39 is 0 Å². The first-order valence-corrected chi connectivity index (χ1v) is 21.1. The van der Waals surface area contributed by atoms with E-state index in [2.05, 4.69) is 199 Å². The van der Waals surface area contributed by atoms with E-state index in [0.717, 1.165) is 83.3 Å². The largest absolute Gasteiger partial charge is 0.455 e. The Bertz CT molecular complexity index is 3870. The van der Waals surface area contributed by atoms with E-state index in [9.17, 15) is 0 Å². The molecule has 9 aromatic carbocycles. The van der Waals surface area contributed by atoms with Crippen molar-refractivity contribution in [3.8, 4) is 39.1 Å². The van der Waals surface area contributed by atoms with Crippen LogP contribution >= 0.6 is 0 Å². The molecule has 0 saturated heterocycles. The first-order valence-electron chi connectivity index (χ1n) is 21.1. The summed E-state index contributed by atoms with van der Waals surface area (Å²) >= 11 is 0. The summed E-state index contributed by atoms with van der Waals surface area (Å²) in [6.45, 7) is 4.70. The van der Waals surface area contributed by atoms with Crippen LogP contribution < -0.4 is 4.90 Å². The van der Waals surface area contributed by atoms with Crippen LogP contribution in [0.5, 0.6) is 0 Å². The Kier molecular flexibility index (Phi) is 6.33. The molecule has 2 aliphatic rings. The van der Waals surface area contributed by atoms with Crippen LogP contribution in [0.2, 0.25) is 0 Å². The third-order valence-electron chi connectivity index (χ3n) is 13.7. The van der Waals surface area contributed by atoms with Crippen molar-refractivity contribution in [2.75, 3.05) is 4.90 Å². The highest BCUT2D eigenvalue weighted by Gasteiger charge is 2.36. The second-order valence-corrected chi connectivity index (χ2v) is 17.2. The Hall–Kier alpha value is -7.82. The van der Waals surface area contributed by atoms with E-state index in [4.69, 9.17) is 8.83 Å². The summed E-state index contributed by atoms with van der Waals surface area (Å²) in [5.41, 5.74) is 20.0. The van der Waals surface area contributed by atoms with Crippen LogP contribution in [0.15, 0.2) is 191 Å². The maximum atomic E-state index is 6.79. The van der Waals surface area contributed by atoms with Crippen LogP contribution in [0.3, 0.4) is 0 Å². The second kappa shape index (κ2) is 11.7. The first kappa shape index (κ1) is 33.1. The van der Waals surface area contributed by atoms with Crippen LogP contribution in [-0.4, -0.2) is 4.57 Å². The first-order chi connectivity index (χ1) is 30.0. The van der Waals surface area contributed by atoms with Gasteiger partial charge in [-0.1, -0.05) is 135 Å². The highest BCUT2D eigenvalue weighted by Crippen LogP contribution is 2.54. The molecule has 0 radical (unpaired) electrons. The minimum Gasteiger partial charge on any atom is -0.455 e. The molecule has 61 heavy (non-hydrogen) atoms. The summed E-state index contributed by atoms with van der Waals surface area (Å²) in [6.07, 6.45) is 0. The molecule has 0 amide bonds. The molecule has 4 nitrogen and oxygen atoms in total. The van der Waals surface area contributed by atoms with Gasteiger partial charge in [-0.15, -0.1) is 0 Å². The molecule has 0 spiro atoms. The van der Waals surface area contributed by atoms with Gasteiger partial charge in [0.25, 0.3) is 0 Å². The lowest BCUT2D eigenvalue weighted by Gasteiger charge is -2.28. The van der Waals surface area contributed by atoms with Gasteiger partial charge in [0.1, 0.15) is 16.7 Å². The molecule has 1 aliphatic heterocycles. The van der Waals surface area contributed by atoms with Crippen LogP contribution in [0.25, 0.3) is 105 Å². The van der Waals surface area contributed by atoms with E-state index >= 15 is 0 Å². The lowest BCUT2D eigenvalue weighted by atomic mass is 9.82. The summed E-state index contributed by atoms with van der Waals surface area (Å²) in [5, 5.41) is 6.85. The molecular weight excluding hydrogens is 745 g/mol. The number of para-hydroxylation sites is 5. The molecule has 0 unspecified atom stereocenters. The summed E-state index contributed by atoms with van der Waals surface area (Å²) in [6, 6.07) is 66.2. The molecule has 0 bridgehead atoms. The maximum absolute atomic E-state index is 6.79. The lowest BCUT2D eigenvalue weighted by molar-refractivity contribution is 0.660. The third kappa shape index (κ3) is 4.28. The quantitative estimate of drug-likeness (QED) is 0.179. The fraction of sp³-hybridized carbons (Fsp3) is 0.0526. The molecule has 12 aromatic rings. The van der Waals surface area contributed by atoms with E-state index in [0.29, 0.717) is 0 Å². The number of furan rings is 2. The van der Waals surface area contributed by atoms with Gasteiger partial charge in [-0.3, -0.25) is 0 Å². The lowest BCUT2D eigenvalue weighted by Crippen LogP contribution is -2.16. The van der Waals surface area contributed by atoms with Crippen molar-refractivity contribution in [3.05, 3.63) is 193 Å². The van der Waals surface area contributed by atoms with Gasteiger partial charge < -0.3 is 18.3 Å². The minimum atomic E-state index is -0.157. The maximum Gasteiger partial charge on any atom is 0.159 e. The molecule has 0 fully saturated rings. The Morgan fingerprint density at radius 2 is 1.03 bits per heavy atom. The van der Waals surface area contributed by atoms with Gasteiger partial charge in [-0.2, -0.15) is 0 Å². The van der Waals surface area contributed by atoms with Gasteiger partial charge in [-0.25, -0.2) is 0 Å². The zero-order valence-corrected chi connectivity index (χ0v) is 33.5. The molecule has 286 valence electrons. The normalized spacial score (nSPS) is 13.5. The predicted octanol–water partition coefficient (Wildman–Crippen LogP) is 16.0. The van der Waals surface area contributed by atoms with Crippen molar-refractivity contribution in [1.82, 2.24) is 4.57 Å². The predicted molar refractivity (Wildman–Crippen MR) is 252 cm³/mol. The second-order valence-electron chi connectivity index (χ2n) is 17.2. The molecule has 0 saturated carbocycles. The summed E-state index contributed by atoms with van der Waals surface area (Å²) in [7, 11) is 0. The van der Waals surface area contributed by atoms with Crippen molar-refractivity contribution in [2.45, 2.75) is 19.3 Å². The van der Waals surface area contributed by atoms with Crippen LogP contribution in [0.4, 0.5) is 17.1 Å². The molecule has 14 rings (SSSR count). The zero-order valence-electron chi connectivity index (χ0n) is 33.5. The van der Waals surface area contributed by atoms with Gasteiger partial charge in [-0.05, 0) is 88.5 Å². The highest BCUT2D eigenvalue weighted by atomic mass is 16.3. The van der Waals surface area contributed by atoms with Crippen LogP contribution in [0.1, 0.15) is 25.0 Å². The van der Waals surface area contributed by atoms with Gasteiger partial charge in [0.2, 0.25) is 0 Å². The van der Waals surface area contributed by atoms with Crippen LogP contribution in [-0.2, 0) is 5.41 Å². The van der Waals surface area contributed by atoms with Crippen molar-refractivity contribution in [2.24, 2.45) is 0 Å². The summed E-state index contributed by atoms with van der Waals surface area (Å²) in [5.74, 6) is 0. The average Bonchev–Trinajstić information content (AvgIpc) is 4.01. The molecule has 1 aliphatic carbocycles. The molecule has 3 aromatic heterocycles. The molecule has 0 N–H and O–H groups in total. The molecule has 0 atom stereocenters. The Morgan fingerprint density at radius 1 is 0.426 bits per heavy atom. The molecular formula is C57H36N2O2. The van der Waals surface area contributed by atoms with E-state index in [-0.39, 0.29) is 5.41 Å². The average molecular weight is 781 g/mol. The number of fused-ring (bicyclic) bond motifs is 18. The Morgan fingerprint density at radius 3 is 1.89 bits per heavy atom. The standard InChI is InChI=1S/C57H36N2O2/c1-57(2)46-20-7-3-13-35(46)36-27-25-34(32-47(36)57)58(50-22-12-18-42-38-15-5-9-23-51(38)60-55(42)50)33-26-30-49-45(31-33)41-17-11-19-44-53-40(37-14-4-8-21-48(37)59(49)54(41)44)28-29-43-39-16-6-10-24-52(39)61-56(43)53/h3-32H,1-2H3. The minimum absolute atomic E-state index is 0.157.